The first-order valence-electron chi connectivity index (χ1n) is 4.49. The molecule has 0 saturated heterocycles. The average Bonchev–Trinajstić information content (AvgIpc) is 2.39. The molecular weight excluding hydrogens is 198 g/mol. The molecule has 1 aromatic carbocycles. The number of aliphatic hydroxyl groups excluding tert-OH is 1. The zero-order chi connectivity index (χ0) is 10.3. The number of rotatable bonds is 1. The van der Waals surface area contributed by atoms with E-state index in [9.17, 15) is 0 Å². The average molecular weight is 210 g/mol. The Morgan fingerprint density at radius 3 is 2.79 bits per heavy atom. The van der Waals surface area contributed by atoms with Crippen LogP contribution in [0.2, 0.25) is 5.02 Å². The fourth-order valence-electron chi connectivity index (χ4n) is 1.73. The van der Waals surface area contributed by atoms with Gasteiger partial charge >= 0.3 is 0 Å². The molecular formula is C11H12ClNO. The van der Waals surface area contributed by atoms with Crippen molar-refractivity contribution in [2.45, 2.75) is 13.5 Å². The van der Waals surface area contributed by atoms with E-state index in [1.54, 1.807) is 0 Å². The highest BCUT2D eigenvalue weighted by atomic mass is 35.5. The Labute approximate surface area is 87.7 Å². The van der Waals surface area contributed by atoms with E-state index in [0.29, 0.717) is 5.02 Å². The van der Waals surface area contributed by atoms with Gasteiger partial charge in [-0.25, -0.2) is 0 Å². The molecule has 0 aliphatic rings. The molecule has 0 aliphatic carbocycles. The smallest absolute Gasteiger partial charge is 0.0848 e. The first-order valence-corrected chi connectivity index (χ1v) is 4.87. The van der Waals surface area contributed by atoms with Crippen molar-refractivity contribution in [3.8, 4) is 0 Å². The summed E-state index contributed by atoms with van der Waals surface area (Å²) in [4.78, 5) is 0. The zero-order valence-corrected chi connectivity index (χ0v) is 8.97. The Balaban J connectivity index is 2.87. The Morgan fingerprint density at radius 2 is 2.14 bits per heavy atom. The molecule has 74 valence electrons. The Hall–Kier alpha value is -0.990. The predicted octanol–water partition coefficient (Wildman–Crippen LogP) is 2.63. The van der Waals surface area contributed by atoms with Crippen molar-refractivity contribution in [2.24, 2.45) is 7.05 Å². The van der Waals surface area contributed by atoms with Crippen molar-refractivity contribution in [2.75, 3.05) is 0 Å². The van der Waals surface area contributed by atoms with Crippen LogP contribution in [0.25, 0.3) is 10.9 Å². The zero-order valence-electron chi connectivity index (χ0n) is 8.21. The van der Waals surface area contributed by atoms with Gasteiger partial charge in [0.25, 0.3) is 0 Å². The summed E-state index contributed by atoms with van der Waals surface area (Å²) in [6.07, 6.45) is 0. The maximum Gasteiger partial charge on any atom is 0.0848 e. The lowest BCUT2D eigenvalue weighted by Crippen LogP contribution is -1.95. The molecule has 0 atom stereocenters. The molecule has 3 heteroatoms. The molecule has 1 aromatic heterocycles. The number of aliphatic hydroxyl groups is 1. The summed E-state index contributed by atoms with van der Waals surface area (Å²) in [7, 11) is 1.92. The summed E-state index contributed by atoms with van der Waals surface area (Å²) < 4.78 is 1.94. The van der Waals surface area contributed by atoms with E-state index in [2.05, 4.69) is 6.07 Å². The van der Waals surface area contributed by atoms with E-state index in [4.69, 9.17) is 16.7 Å². The number of nitrogens with zero attached hydrogens (tertiary/aromatic N) is 1. The maximum absolute atomic E-state index is 9.16. The predicted molar refractivity (Wildman–Crippen MR) is 58.6 cm³/mol. The van der Waals surface area contributed by atoms with Gasteiger partial charge in [0, 0.05) is 18.0 Å². The lowest BCUT2D eigenvalue weighted by Gasteiger charge is -2.00. The van der Waals surface area contributed by atoms with Crippen LogP contribution in [0, 0.1) is 6.92 Å². The Morgan fingerprint density at radius 1 is 1.43 bits per heavy atom. The van der Waals surface area contributed by atoms with Crippen LogP contribution in [0.4, 0.5) is 0 Å². The number of benzene rings is 1. The molecule has 0 unspecified atom stereocenters. The van der Waals surface area contributed by atoms with Gasteiger partial charge in [0.1, 0.15) is 0 Å². The van der Waals surface area contributed by atoms with Crippen LogP contribution in [0.15, 0.2) is 18.2 Å². The lowest BCUT2D eigenvalue weighted by atomic mass is 10.2. The minimum atomic E-state index is -0.0247. The van der Waals surface area contributed by atoms with E-state index in [0.717, 1.165) is 16.6 Å². The Bertz CT molecular complexity index is 487. The van der Waals surface area contributed by atoms with Crippen molar-refractivity contribution in [3.63, 3.8) is 0 Å². The third kappa shape index (κ3) is 1.22. The highest BCUT2D eigenvalue weighted by Gasteiger charge is 2.11. The second kappa shape index (κ2) is 3.30. The molecule has 14 heavy (non-hydrogen) atoms. The SMILES string of the molecule is Cc1ccc2c(Cl)c(CO)n(C)c2c1. The van der Waals surface area contributed by atoms with Crippen LogP contribution in [0.5, 0.6) is 0 Å². The fraction of sp³-hybridized carbons (Fsp3) is 0.273. The van der Waals surface area contributed by atoms with Gasteiger partial charge < -0.3 is 9.67 Å². The Kier molecular flexibility index (Phi) is 2.25. The number of aryl methyl sites for hydroxylation is 2. The van der Waals surface area contributed by atoms with Gasteiger partial charge in [0.2, 0.25) is 0 Å². The van der Waals surface area contributed by atoms with Crippen molar-refractivity contribution < 1.29 is 5.11 Å². The van der Waals surface area contributed by atoms with Gasteiger partial charge in [-0.3, -0.25) is 0 Å². The first kappa shape index (κ1) is 9.56. The summed E-state index contributed by atoms with van der Waals surface area (Å²) in [5, 5.41) is 10.8. The van der Waals surface area contributed by atoms with Gasteiger partial charge in [-0.15, -0.1) is 0 Å². The van der Waals surface area contributed by atoms with Crippen LogP contribution in [0.1, 0.15) is 11.3 Å². The third-order valence-electron chi connectivity index (χ3n) is 2.56. The second-order valence-electron chi connectivity index (χ2n) is 3.50. The summed E-state index contributed by atoms with van der Waals surface area (Å²) in [5.74, 6) is 0. The monoisotopic (exact) mass is 209 g/mol. The van der Waals surface area contributed by atoms with Crippen LogP contribution < -0.4 is 0 Å². The van der Waals surface area contributed by atoms with Crippen molar-refractivity contribution >= 4 is 22.5 Å². The third-order valence-corrected chi connectivity index (χ3v) is 2.98. The molecule has 1 N–H and O–H groups in total. The van der Waals surface area contributed by atoms with E-state index in [1.165, 1.54) is 5.56 Å². The highest BCUT2D eigenvalue weighted by molar-refractivity contribution is 6.36. The molecule has 0 fully saturated rings. The molecule has 2 rings (SSSR count). The topological polar surface area (TPSA) is 25.2 Å². The molecule has 1 heterocycles. The van der Waals surface area contributed by atoms with Crippen LogP contribution >= 0.6 is 11.6 Å². The molecule has 0 spiro atoms. The number of fused-ring (bicyclic) bond motifs is 1. The second-order valence-corrected chi connectivity index (χ2v) is 3.88. The number of hydrogen-bond donors (Lipinski definition) is 1. The van der Waals surface area contributed by atoms with Crippen LogP contribution in [0.3, 0.4) is 0 Å². The summed E-state index contributed by atoms with van der Waals surface area (Å²) in [6.45, 7) is 2.02. The van der Waals surface area contributed by atoms with Crippen molar-refractivity contribution in [1.82, 2.24) is 4.57 Å². The van der Waals surface area contributed by atoms with Gasteiger partial charge in [-0.05, 0) is 18.6 Å². The quantitative estimate of drug-likeness (QED) is 0.768. The van der Waals surface area contributed by atoms with Gasteiger partial charge in [0.15, 0.2) is 0 Å². The number of hydrogen-bond acceptors (Lipinski definition) is 1. The molecule has 2 nitrogen and oxygen atoms in total. The van der Waals surface area contributed by atoms with Gasteiger partial charge in [-0.2, -0.15) is 0 Å². The van der Waals surface area contributed by atoms with Gasteiger partial charge in [0.05, 0.1) is 17.3 Å². The number of aromatic nitrogens is 1. The normalized spacial score (nSPS) is 11.1. The molecule has 0 radical (unpaired) electrons. The minimum absolute atomic E-state index is 0.0247. The minimum Gasteiger partial charge on any atom is -0.390 e. The van der Waals surface area contributed by atoms with Gasteiger partial charge in [-0.1, -0.05) is 23.7 Å². The van der Waals surface area contributed by atoms with Crippen LogP contribution in [-0.2, 0) is 13.7 Å². The van der Waals surface area contributed by atoms with E-state index < -0.39 is 0 Å². The van der Waals surface area contributed by atoms with E-state index in [-0.39, 0.29) is 6.61 Å². The maximum atomic E-state index is 9.16. The number of halogens is 1. The highest BCUT2D eigenvalue weighted by Crippen LogP contribution is 2.30. The van der Waals surface area contributed by atoms with Crippen molar-refractivity contribution in [3.05, 3.63) is 34.5 Å². The standard InChI is InChI=1S/C11H12ClNO/c1-7-3-4-8-9(5-7)13(2)10(6-14)11(8)12/h3-5,14H,6H2,1-2H3. The summed E-state index contributed by atoms with van der Waals surface area (Å²) in [5.41, 5.74) is 3.03. The first-order chi connectivity index (χ1) is 6.65. The lowest BCUT2D eigenvalue weighted by molar-refractivity contribution is 0.273. The molecule has 0 bridgehead atoms. The van der Waals surface area contributed by atoms with Crippen LogP contribution in [-0.4, -0.2) is 9.67 Å². The van der Waals surface area contributed by atoms with E-state index in [1.807, 2.05) is 30.7 Å². The molecule has 0 amide bonds. The summed E-state index contributed by atoms with van der Waals surface area (Å²) >= 11 is 6.13. The largest absolute Gasteiger partial charge is 0.390 e. The van der Waals surface area contributed by atoms with Crippen molar-refractivity contribution in [1.29, 1.82) is 0 Å². The fourth-order valence-corrected chi connectivity index (χ4v) is 2.07. The van der Waals surface area contributed by atoms with E-state index >= 15 is 0 Å². The summed E-state index contributed by atoms with van der Waals surface area (Å²) in [6, 6.07) is 6.09. The molecule has 2 aromatic rings. The molecule has 0 aliphatic heterocycles. The molecule has 0 saturated carbocycles.